The molecule has 0 aromatic heterocycles. The molecular formula is C30H42F2N4O7. The van der Waals surface area contributed by atoms with Gasteiger partial charge in [0.25, 0.3) is 0 Å². The predicted octanol–water partition coefficient (Wildman–Crippen LogP) is 1.21. The number of nitrogens with one attached hydrogen (secondary N) is 2. The number of alkyl halides is 2. The van der Waals surface area contributed by atoms with Crippen LogP contribution in [0.15, 0.2) is 24.3 Å². The van der Waals surface area contributed by atoms with Crippen LogP contribution in [0.4, 0.5) is 8.78 Å². The van der Waals surface area contributed by atoms with Gasteiger partial charge >= 0.3 is 0 Å². The monoisotopic (exact) mass is 608 g/mol. The summed E-state index contributed by atoms with van der Waals surface area (Å²) in [4.78, 5) is 55.8. The number of benzene rings is 1. The number of ether oxygens (including phenoxy) is 3. The molecule has 3 fully saturated rings. The minimum atomic E-state index is -2.88. The number of amides is 3. The highest BCUT2D eigenvalue weighted by molar-refractivity contribution is 6.01. The molecule has 1 aliphatic carbocycles. The van der Waals surface area contributed by atoms with Crippen molar-refractivity contribution in [1.82, 2.24) is 15.5 Å². The van der Waals surface area contributed by atoms with Crippen LogP contribution in [-0.4, -0.2) is 98.1 Å². The molecule has 1 aromatic rings. The van der Waals surface area contributed by atoms with Crippen LogP contribution in [-0.2, 0) is 35.1 Å². The fraction of sp³-hybridized carbons (Fsp3) is 0.667. The zero-order valence-corrected chi connectivity index (χ0v) is 25.0. The number of epoxide rings is 1. The normalized spacial score (nSPS) is 26.0. The highest BCUT2D eigenvalue weighted by Crippen LogP contribution is 2.45. The number of Topliss-reactive ketones (excluding diaryl/α,β-unsaturated/α-hetero) is 1. The lowest BCUT2D eigenvalue weighted by Crippen LogP contribution is -2.68. The Morgan fingerprint density at radius 3 is 2.37 bits per heavy atom. The molecule has 2 aliphatic heterocycles. The Balaban J connectivity index is 1.64. The molecule has 1 aromatic carbocycles. The molecule has 0 spiro atoms. The van der Waals surface area contributed by atoms with Crippen molar-refractivity contribution in [3.63, 3.8) is 0 Å². The highest BCUT2D eigenvalue weighted by atomic mass is 19.3. The van der Waals surface area contributed by atoms with Gasteiger partial charge in [0.15, 0.2) is 5.78 Å². The van der Waals surface area contributed by atoms with Gasteiger partial charge in [0.05, 0.1) is 39.4 Å². The van der Waals surface area contributed by atoms with Crippen molar-refractivity contribution >= 4 is 23.5 Å². The van der Waals surface area contributed by atoms with Gasteiger partial charge < -0.3 is 30.6 Å². The number of nitrogens with two attached hydrogens (primary N) is 1. The number of hydrogen-bond acceptors (Lipinski definition) is 8. The zero-order valence-electron chi connectivity index (χ0n) is 25.0. The van der Waals surface area contributed by atoms with Gasteiger partial charge in [-0.1, -0.05) is 12.1 Å². The maximum Gasteiger partial charge on any atom is 0.248 e. The Bertz CT molecular complexity index is 1190. The molecule has 3 amide bonds. The summed E-state index contributed by atoms with van der Waals surface area (Å²) >= 11 is 0. The number of morpholine rings is 1. The number of primary amides is 1. The summed E-state index contributed by atoms with van der Waals surface area (Å²) in [6.07, 6.45) is -0.888. The molecule has 238 valence electrons. The molecule has 1 saturated carbocycles. The summed E-state index contributed by atoms with van der Waals surface area (Å²) < 4.78 is 44.4. The first-order chi connectivity index (χ1) is 20.3. The Kier molecular flexibility index (Phi) is 10.1. The Labute approximate surface area is 250 Å². The first kappa shape index (κ1) is 32.7. The number of ketones is 1. The molecule has 43 heavy (non-hydrogen) atoms. The van der Waals surface area contributed by atoms with Gasteiger partial charge in [-0.05, 0) is 50.3 Å². The van der Waals surface area contributed by atoms with Crippen LogP contribution in [0.1, 0.15) is 45.1 Å². The fourth-order valence-electron chi connectivity index (χ4n) is 6.01. The van der Waals surface area contributed by atoms with Gasteiger partial charge in [0, 0.05) is 32.4 Å². The average molecular weight is 609 g/mol. The first-order valence-electron chi connectivity index (χ1n) is 14.7. The van der Waals surface area contributed by atoms with E-state index >= 15 is 0 Å². The van der Waals surface area contributed by atoms with Gasteiger partial charge in [-0.3, -0.25) is 24.1 Å². The van der Waals surface area contributed by atoms with E-state index in [-0.39, 0.29) is 38.8 Å². The van der Waals surface area contributed by atoms with E-state index < -0.39 is 64.9 Å². The molecule has 3 aliphatic rings. The van der Waals surface area contributed by atoms with Crippen molar-refractivity contribution < 1.29 is 42.2 Å². The predicted molar refractivity (Wildman–Crippen MR) is 151 cm³/mol. The van der Waals surface area contributed by atoms with Crippen LogP contribution in [0.25, 0.3) is 0 Å². The topological polar surface area (TPSA) is 153 Å². The average Bonchev–Trinajstić information content (AvgIpc) is 3.62. The van der Waals surface area contributed by atoms with Crippen molar-refractivity contribution in [3.8, 4) is 5.75 Å². The number of halogens is 2. The second kappa shape index (κ2) is 13.2. The molecule has 0 radical (unpaired) electrons. The molecule has 11 nitrogen and oxygen atoms in total. The summed E-state index contributed by atoms with van der Waals surface area (Å²) in [7, 11) is 1.50. The molecule has 2 saturated heterocycles. The van der Waals surface area contributed by atoms with Crippen molar-refractivity contribution in [2.45, 2.75) is 69.1 Å². The molecule has 4 N–H and O–H groups in total. The maximum absolute atomic E-state index is 14.2. The fourth-order valence-corrected chi connectivity index (χ4v) is 6.01. The summed E-state index contributed by atoms with van der Waals surface area (Å²) in [5, 5.41) is 5.39. The third-order valence-electron chi connectivity index (χ3n) is 8.75. The van der Waals surface area contributed by atoms with Crippen molar-refractivity contribution in [2.75, 3.05) is 46.6 Å². The Morgan fingerprint density at radius 1 is 1.19 bits per heavy atom. The number of methoxy groups -OCH3 is 1. The molecule has 4 rings (SSSR count). The summed E-state index contributed by atoms with van der Waals surface area (Å²) in [6.45, 7) is 5.34. The minimum absolute atomic E-state index is 0.0560. The number of nitrogens with zero attached hydrogens (tertiary/aromatic N) is 1. The Hall–Kier alpha value is -3.16. The van der Waals surface area contributed by atoms with Gasteiger partial charge in [-0.15, -0.1) is 0 Å². The van der Waals surface area contributed by atoms with Crippen LogP contribution in [0.5, 0.6) is 5.75 Å². The summed E-state index contributed by atoms with van der Waals surface area (Å²) in [6, 6.07) is 5.59. The lowest BCUT2D eigenvalue weighted by molar-refractivity contribution is -0.142. The number of carbonyl (C=O) groups excluding carboxylic acids is 4. The first-order valence-corrected chi connectivity index (χ1v) is 14.7. The lowest BCUT2D eigenvalue weighted by Gasteiger charge is -2.40. The third-order valence-corrected chi connectivity index (χ3v) is 8.75. The van der Waals surface area contributed by atoms with Crippen molar-refractivity contribution in [2.24, 2.45) is 17.6 Å². The molecule has 2 heterocycles. The lowest BCUT2D eigenvalue weighted by atomic mass is 9.69. The molecule has 5 atom stereocenters. The van der Waals surface area contributed by atoms with E-state index in [0.717, 1.165) is 0 Å². The van der Waals surface area contributed by atoms with Gasteiger partial charge in [0.1, 0.15) is 22.9 Å². The van der Waals surface area contributed by atoms with E-state index in [9.17, 15) is 28.0 Å². The Morgan fingerprint density at radius 2 is 1.84 bits per heavy atom. The molecule has 13 heteroatoms. The van der Waals surface area contributed by atoms with Crippen molar-refractivity contribution in [3.05, 3.63) is 29.8 Å². The van der Waals surface area contributed by atoms with Crippen LogP contribution < -0.4 is 21.1 Å². The number of hydrogen-bond donors (Lipinski definition) is 3. The molecular weight excluding hydrogens is 566 g/mol. The largest absolute Gasteiger partial charge is 0.497 e. The number of rotatable bonds is 14. The van der Waals surface area contributed by atoms with Crippen LogP contribution in [0, 0.1) is 11.8 Å². The number of carbonyl (C=O) groups is 4. The maximum atomic E-state index is 14.2. The van der Waals surface area contributed by atoms with Crippen LogP contribution in [0.2, 0.25) is 0 Å². The van der Waals surface area contributed by atoms with Crippen LogP contribution in [0.3, 0.4) is 0 Å². The SMILES string of the molecule is COc1ccc(CC(NC(=O)[C@H](C)NC(=O)CN2CCOCC2)(C(N)=O)[C@H](C[C@@H]2CCC(F)(F)C2)C(=O)[C@@]2(C)CO2)cc1. The third kappa shape index (κ3) is 8.07. The summed E-state index contributed by atoms with van der Waals surface area (Å²) in [5.74, 6) is -6.79. The minimum Gasteiger partial charge on any atom is -0.497 e. The van der Waals surface area contributed by atoms with E-state index in [1.54, 1.807) is 31.2 Å². The molecule has 1 unspecified atom stereocenters. The van der Waals surface area contributed by atoms with E-state index in [0.29, 0.717) is 37.6 Å². The highest BCUT2D eigenvalue weighted by Gasteiger charge is 2.59. The van der Waals surface area contributed by atoms with Crippen molar-refractivity contribution in [1.29, 1.82) is 0 Å². The second-order valence-corrected chi connectivity index (χ2v) is 12.2. The zero-order chi connectivity index (χ0) is 31.4. The quantitative estimate of drug-likeness (QED) is 0.267. The summed E-state index contributed by atoms with van der Waals surface area (Å²) in [5.41, 5.74) is 3.38. The van der Waals surface area contributed by atoms with Gasteiger partial charge in [-0.2, -0.15) is 0 Å². The smallest absolute Gasteiger partial charge is 0.248 e. The van der Waals surface area contributed by atoms with E-state index in [1.807, 2.05) is 4.90 Å². The standard InChI is InChI=1S/C30H42F2N4O7/c1-19(34-24(37)17-36-10-12-42-13-11-36)26(39)35-30(27(33)40,16-20-4-6-22(41-3)7-5-20)23(25(38)28(2)18-43-28)14-21-8-9-29(31,32)15-21/h4-7,19,21,23H,8-18H2,1-3H3,(H2,33,40)(H,34,37)(H,35,39)/t19-,21-,23+,28+,30?/m0/s1. The second-order valence-electron chi connectivity index (χ2n) is 12.2. The molecule has 0 bridgehead atoms. The van der Waals surface area contributed by atoms with Gasteiger partial charge in [-0.25, -0.2) is 8.78 Å². The van der Waals surface area contributed by atoms with E-state index in [1.165, 1.54) is 14.0 Å². The van der Waals surface area contributed by atoms with Crippen LogP contribution >= 0.6 is 0 Å². The van der Waals surface area contributed by atoms with E-state index in [4.69, 9.17) is 19.9 Å². The van der Waals surface area contributed by atoms with E-state index in [2.05, 4.69) is 10.6 Å². The van der Waals surface area contributed by atoms with Gasteiger partial charge in [0.2, 0.25) is 23.6 Å².